The van der Waals surface area contributed by atoms with E-state index in [4.69, 9.17) is 16.3 Å². The third kappa shape index (κ3) is 4.92. The predicted octanol–water partition coefficient (Wildman–Crippen LogP) is 4.44. The molecule has 1 aliphatic heterocycles. The molecule has 174 valence electrons. The minimum atomic E-state index is -0.295. The Labute approximate surface area is 198 Å². The van der Waals surface area contributed by atoms with Crippen LogP contribution in [0.25, 0.3) is 11.1 Å². The molecule has 2 aromatic heterocycles. The van der Waals surface area contributed by atoms with Crippen LogP contribution < -0.4 is 5.32 Å². The van der Waals surface area contributed by atoms with Gasteiger partial charge in [-0.3, -0.25) is 4.90 Å². The summed E-state index contributed by atoms with van der Waals surface area (Å²) in [6, 6.07) is 9.38. The summed E-state index contributed by atoms with van der Waals surface area (Å²) in [6.07, 6.45) is 6.21. The number of benzene rings is 1. The lowest BCUT2D eigenvalue weighted by molar-refractivity contribution is 0.0536. The topological polar surface area (TPSA) is 62.5 Å². The molecule has 3 aromatic rings. The Morgan fingerprint density at radius 1 is 1.24 bits per heavy atom. The second-order valence-corrected chi connectivity index (χ2v) is 9.33. The number of hydrogen-bond donors (Lipinski definition) is 2. The molecule has 0 spiro atoms. The fraction of sp³-hybridized carbons (Fsp3) is 0.400. The van der Waals surface area contributed by atoms with Gasteiger partial charge in [-0.1, -0.05) is 17.7 Å². The summed E-state index contributed by atoms with van der Waals surface area (Å²) in [5.41, 5.74) is 4.71. The van der Waals surface area contributed by atoms with E-state index in [-0.39, 0.29) is 18.5 Å². The van der Waals surface area contributed by atoms with Crippen LogP contribution in [0.4, 0.5) is 10.2 Å². The highest BCUT2D eigenvalue weighted by atomic mass is 35.5. The number of aliphatic hydroxyl groups is 1. The van der Waals surface area contributed by atoms with E-state index in [9.17, 15) is 9.50 Å². The van der Waals surface area contributed by atoms with Gasteiger partial charge in [0.05, 0.1) is 24.3 Å². The minimum Gasteiger partial charge on any atom is -0.392 e. The molecule has 33 heavy (non-hydrogen) atoms. The van der Waals surface area contributed by atoms with E-state index in [0.717, 1.165) is 40.3 Å². The van der Waals surface area contributed by atoms with E-state index in [0.29, 0.717) is 30.8 Å². The first-order valence-electron chi connectivity index (χ1n) is 11.3. The lowest BCUT2D eigenvalue weighted by atomic mass is 10.0. The van der Waals surface area contributed by atoms with E-state index < -0.39 is 0 Å². The van der Waals surface area contributed by atoms with Crippen LogP contribution in [0.15, 0.2) is 42.7 Å². The van der Waals surface area contributed by atoms with Crippen molar-refractivity contribution >= 4 is 17.4 Å². The van der Waals surface area contributed by atoms with Gasteiger partial charge in [0.2, 0.25) is 0 Å². The Kier molecular flexibility index (Phi) is 6.38. The Bertz CT molecular complexity index is 1150. The molecule has 1 aliphatic carbocycles. The van der Waals surface area contributed by atoms with Crippen LogP contribution in [0.3, 0.4) is 0 Å². The summed E-state index contributed by atoms with van der Waals surface area (Å²) >= 11 is 6.52. The van der Waals surface area contributed by atoms with Crippen molar-refractivity contribution < 1.29 is 14.2 Å². The fourth-order valence-electron chi connectivity index (χ4n) is 4.51. The van der Waals surface area contributed by atoms with Gasteiger partial charge in [-0.15, -0.1) is 0 Å². The molecule has 1 saturated carbocycles. The molecule has 0 saturated heterocycles. The smallest absolute Gasteiger partial charge is 0.126 e. The molecule has 5 rings (SSSR count). The Hall–Kier alpha value is -2.45. The summed E-state index contributed by atoms with van der Waals surface area (Å²) in [5, 5.41) is 13.8. The third-order valence-corrected chi connectivity index (χ3v) is 6.74. The second-order valence-electron chi connectivity index (χ2n) is 8.93. The number of methoxy groups -OCH3 is 1. The van der Waals surface area contributed by atoms with Crippen LogP contribution in [0.5, 0.6) is 0 Å². The normalized spacial score (nSPS) is 18.4. The third-order valence-electron chi connectivity index (χ3n) is 6.44. The van der Waals surface area contributed by atoms with E-state index in [1.54, 1.807) is 19.4 Å². The minimum absolute atomic E-state index is 0.114. The second kappa shape index (κ2) is 9.43. The maximum atomic E-state index is 13.9. The number of nitrogens with one attached hydrogen (secondary N) is 1. The lowest BCUT2D eigenvalue weighted by Crippen LogP contribution is -2.44. The highest BCUT2D eigenvalue weighted by Crippen LogP contribution is 2.34. The molecule has 1 aromatic carbocycles. The number of anilines is 1. The number of ether oxygens (including phenoxy) is 1. The van der Waals surface area contributed by atoms with E-state index >= 15 is 0 Å². The van der Waals surface area contributed by atoms with E-state index in [1.807, 2.05) is 6.07 Å². The van der Waals surface area contributed by atoms with Crippen LogP contribution in [-0.2, 0) is 31.0 Å². The standard InChI is InChI=1S/C25H28ClFN4O2/c1-33-15-22-13-30-11-18(23-8-25(28-9-24(23)26)29-20-4-5-20)7-21(30)12-31(22)10-17-6-19(27)3-2-16(17)14-32/h2-3,6-9,11,20,22,32H,4-5,10,12-15H2,1H3,(H,28,29)/t22-/m1/s1. The Morgan fingerprint density at radius 3 is 2.85 bits per heavy atom. The van der Waals surface area contributed by atoms with Crippen molar-refractivity contribution in [1.82, 2.24) is 14.5 Å². The fourth-order valence-corrected chi connectivity index (χ4v) is 4.72. The monoisotopic (exact) mass is 470 g/mol. The van der Waals surface area contributed by atoms with Crippen LogP contribution in [-0.4, -0.2) is 45.4 Å². The van der Waals surface area contributed by atoms with Gasteiger partial charge in [0.1, 0.15) is 11.6 Å². The van der Waals surface area contributed by atoms with Gasteiger partial charge in [0.25, 0.3) is 0 Å². The number of aliphatic hydroxyl groups excluding tert-OH is 1. The Balaban J connectivity index is 1.42. The molecule has 0 radical (unpaired) electrons. The van der Waals surface area contributed by atoms with Gasteiger partial charge in [-0.05, 0) is 48.2 Å². The molecule has 0 unspecified atom stereocenters. The van der Waals surface area contributed by atoms with Crippen LogP contribution >= 0.6 is 11.6 Å². The highest BCUT2D eigenvalue weighted by molar-refractivity contribution is 6.33. The zero-order chi connectivity index (χ0) is 22.9. The summed E-state index contributed by atoms with van der Waals surface area (Å²) < 4.78 is 21.7. The zero-order valence-electron chi connectivity index (χ0n) is 18.6. The number of aromatic nitrogens is 2. The van der Waals surface area contributed by atoms with Crippen molar-refractivity contribution in [2.24, 2.45) is 0 Å². The average Bonchev–Trinajstić information content (AvgIpc) is 3.52. The summed E-state index contributed by atoms with van der Waals surface area (Å²) in [7, 11) is 1.70. The zero-order valence-corrected chi connectivity index (χ0v) is 19.4. The molecule has 0 bridgehead atoms. The number of pyridine rings is 1. The first-order chi connectivity index (χ1) is 16.0. The van der Waals surface area contributed by atoms with Crippen LogP contribution in [0, 0.1) is 5.82 Å². The molecule has 0 amide bonds. The molecule has 2 aliphatic rings. The van der Waals surface area contributed by atoms with Gasteiger partial charge >= 0.3 is 0 Å². The first-order valence-corrected chi connectivity index (χ1v) is 11.6. The van der Waals surface area contributed by atoms with Gasteiger partial charge < -0.3 is 19.7 Å². The van der Waals surface area contributed by atoms with Gasteiger partial charge in [0, 0.05) is 62.0 Å². The molecule has 3 heterocycles. The van der Waals surface area contributed by atoms with Crippen molar-refractivity contribution in [1.29, 1.82) is 0 Å². The number of fused-ring (bicyclic) bond motifs is 1. The number of rotatable bonds is 8. The number of hydrogen-bond acceptors (Lipinski definition) is 5. The lowest BCUT2D eigenvalue weighted by Gasteiger charge is -2.36. The van der Waals surface area contributed by atoms with Crippen molar-refractivity contribution in [2.75, 3.05) is 19.0 Å². The predicted molar refractivity (Wildman–Crippen MR) is 127 cm³/mol. The summed E-state index contributed by atoms with van der Waals surface area (Å²) in [5.74, 6) is 0.554. The molecular formula is C25H28ClFN4O2. The summed E-state index contributed by atoms with van der Waals surface area (Å²) in [4.78, 5) is 6.70. The number of halogens is 2. The Morgan fingerprint density at radius 2 is 2.09 bits per heavy atom. The maximum absolute atomic E-state index is 13.9. The van der Waals surface area contributed by atoms with Gasteiger partial charge in [-0.2, -0.15) is 0 Å². The summed E-state index contributed by atoms with van der Waals surface area (Å²) in [6.45, 7) is 2.42. The van der Waals surface area contributed by atoms with Crippen molar-refractivity contribution in [3.8, 4) is 11.1 Å². The SMILES string of the molecule is COC[C@H]1Cn2cc(-c3cc(NC4CC4)ncc3Cl)cc2CN1Cc1cc(F)ccc1CO. The largest absolute Gasteiger partial charge is 0.392 e. The van der Waals surface area contributed by atoms with E-state index in [1.165, 1.54) is 25.0 Å². The van der Waals surface area contributed by atoms with Gasteiger partial charge in [-0.25, -0.2) is 9.37 Å². The molecular weight excluding hydrogens is 443 g/mol. The molecule has 6 nitrogen and oxygen atoms in total. The molecule has 2 N–H and O–H groups in total. The van der Waals surface area contributed by atoms with Crippen LogP contribution in [0.2, 0.25) is 5.02 Å². The van der Waals surface area contributed by atoms with E-state index in [2.05, 4.69) is 32.0 Å². The van der Waals surface area contributed by atoms with Crippen molar-refractivity contribution in [3.63, 3.8) is 0 Å². The number of nitrogens with zero attached hydrogens (tertiary/aromatic N) is 3. The highest BCUT2D eigenvalue weighted by Gasteiger charge is 2.28. The quantitative estimate of drug-likeness (QED) is 0.509. The average molecular weight is 471 g/mol. The maximum Gasteiger partial charge on any atom is 0.126 e. The molecule has 1 atom stereocenters. The van der Waals surface area contributed by atoms with Crippen molar-refractivity contribution in [3.05, 3.63) is 70.4 Å². The van der Waals surface area contributed by atoms with Crippen molar-refractivity contribution in [2.45, 2.75) is 51.2 Å². The molecule has 8 heteroatoms. The van der Waals surface area contributed by atoms with Crippen LogP contribution in [0.1, 0.15) is 29.7 Å². The van der Waals surface area contributed by atoms with Gasteiger partial charge in [0.15, 0.2) is 0 Å². The first kappa shape index (κ1) is 22.3. The molecule has 1 fully saturated rings.